The molecule has 4 nitrogen and oxygen atoms in total. The Morgan fingerprint density at radius 2 is 1.84 bits per heavy atom. The van der Waals surface area contributed by atoms with Gasteiger partial charge in [0.2, 0.25) is 10.0 Å². The highest BCUT2D eigenvalue weighted by atomic mass is 32.2. The van der Waals surface area contributed by atoms with Gasteiger partial charge in [-0.1, -0.05) is 0 Å². The van der Waals surface area contributed by atoms with E-state index in [0.717, 1.165) is 12.2 Å². The second-order valence-corrected chi connectivity index (χ2v) is 7.28. The third kappa shape index (κ3) is 3.56. The fraction of sp³-hybridized carbons (Fsp3) is 0.231. The average Bonchev–Trinajstić information content (AvgIpc) is 2.66. The highest BCUT2D eigenvalue weighted by Gasteiger charge is 2.07. The Morgan fingerprint density at radius 3 is 2.32 bits per heavy atom. The fourth-order valence-corrected chi connectivity index (χ4v) is 3.20. The lowest BCUT2D eigenvalue weighted by atomic mass is 10.3. The number of hydrogen-bond donors (Lipinski definition) is 2. The Labute approximate surface area is 117 Å². The molecule has 3 N–H and O–H groups in total. The molecule has 102 valence electrons. The number of benzene rings is 1. The summed E-state index contributed by atoms with van der Waals surface area (Å²) < 4.78 is 22.2. The number of sulfonamides is 1. The van der Waals surface area contributed by atoms with Crippen LogP contribution in [-0.4, -0.2) is 8.42 Å². The molecule has 0 bridgehead atoms. The van der Waals surface area contributed by atoms with Crippen LogP contribution in [0, 0.1) is 13.8 Å². The van der Waals surface area contributed by atoms with Gasteiger partial charge < -0.3 is 5.32 Å². The van der Waals surface area contributed by atoms with Crippen molar-refractivity contribution in [3.8, 4) is 0 Å². The van der Waals surface area contributed by atoms with Crippen LogP contribution in [0.3, 0.4) is 0 Å². The van der Waals surface area contributed by atoms with E-state index in [1.807, 2.05) is 0 Å². The minimum atomic E-state index is -3.61. The number of rotatable bonds is 4. The summed E-state index contributed by atoms with van der Waals surface area (Å²) in [5.74, 6) is 0. The van der Waals surface area contributed by atoms with E-state index in [0.29, 0.717) is 0 Å². The topological polar surface area (TPSA) is 72.2 Å². The molecule has 1 heterocycles. The molecule has 0 atom stereocenters. The molecule has 0 saturated heterocycles. The summed E-state index contributed by atoms with van der Waals surface area (Å²) in [6, 6.07) is 8.59. The number of aryl methyl sites for hydroxylation is 2. The summed E-state index contributed by atoms with van der Waals surface area (Å²) >= 11 is 1.76. The third-order valence-corrected chi connectivity index (χ3v) is 4.95. The van der Waals surface area contributed by atoms with Crippen molar-refractivity contribution in [2.24, 2.45) is 5.14 Å². The number of thiophene rings is 1. The van der Waals surface area contributed by atoms with Gasteiger partial charge in [-0.15, -0.1) is 11.3 Å². The highest BCUT2D eigenvalue weighted by Crippen LogP contribution is 2.22. The molecule has 19 heavy (non-hydrogen) atoms. The van der Waals surface area contributed by atoms with Crippen LogP contribution in [0.5, 0.6) is 0 Å². The monoisotopic (exact) mass is 296 g/mol. The second-order valence-electron chi connectivity index (χ2n) is 4.37. The molecule has 2 rings (SSSR count). The average molecular weight is 296 g/mol. The smallest absolute Gasteiger partial charge is 0.238 e. The van der Waals surface area contributed by atoms with Crippen molar-refractivity contribution in [3.63, 3.8) is 0 Å². The SMILES string of the molecule is Cc1cc(CNc2ccc(S(N)(=O)=O)cc2)sc1C. The second kappa shape index (κ2) is 5.32. The molecule has 0 saturated carbocycles. The van der Waals surface area contributed by atoms with Crippen molar-refractivity contribution in [1.29, 1.82) is 0 Å². The van der Waals surface area contributed by atoms with Crippen LogP contribution in [0.25, 0.3) is 0 Å². The summed E-state index contributed by atoms with van der Waals surface area (Å²) in [6.07, 6.45) is 0. The molecule has 0 radical (unpaired) electrons. The normalized spacial score (nSPS) is 11.5. The van der Waals surface area contributed by atoms with E-state index in [2.05, 4.69) is 25.2 Å². The van der Waals surface area contributed by atoms with Gasteiger partial charge >= 0.3 is 0 Å². The number of anilines is 1. The first-order valence-electron chi connectivity index (χ1n) is 5.79. The minimum Gasteiger partial charge on any atom is -0.380 e. The van der Waals surface area contributed by atoms with Gasteiger partial charge in [-0.25, -0.2) is 13.6 Å². The van der Waals surface area contributed by atoms with Crippen LogP contribution in [0.15, 0.2) is 35.2 Å². The van der Waals surface area contributed by atoms with Crippen molar-refractivity contribution in [3.05, 3.63) is 45.6 Å². The summed E-state index contributed by atoms with van der Waals surface area (Å²) in [6.45, 7) is 4.93. The van der Waals surface area contributed by atoms with E-state index in [1.165, 1.54) is 27.5 Å². The molecular formula is C13H16N2O2S2. The molecule has 0 unspecified atom stereocenters. The van der Waals surface area contributed by atoms with E-state index < -0.39 is 10.0 Å². The molecule has 0 spiro atoms. The zero-order valence-corrected chi connectivity index (χ0v) is 12.4. The van der Waals surface area contributed by atoms with Gasteiger partial charge in [0.25, 0.3) is 0 Å². The molecule has 2 aromatic rings. The number of nitrogens with two attached hydrogens (primary N) is 1. The van der Waals surface area contributed by atoms with Crippen LogP contribution >= 0.6 is 11.3 Å². The van der Waals surface area contributed by atoms with Crippen LogP contribution in [0.2, 0.25) is 0 Å². The van der Waals surface area contributed by atoms with Gasteiger partial charge in [-0.2, -0.15) is 0 Å². The number of primary sulfonamides is 1. The molecule has 1 aromatic heterocycles. The van der Waals surface area contributed by atoms with Gasteiger partial charge in [-0.05, 0) is 49.7 Å². The van der Waals surface area contributed by atoms with Crippen LogP contribution in [0.1, 0.15) is 15.3 Å². The van der Waals surface area contributed by atoms with E-state index in [1.54, 1.807) is 23.5 Å². The van der Waals surface area contributed by atoms with Gasteiger partial charge in [0.1, 0.15) is 0 Å². The highest BCUT2D eigenvalue weighted by molar-refractivity contribution is 7.89. The van der Waals surface area contributed by atoms with Gasteiger partial charge in [0.15, 0.2) is 0 Å². The Balaban J connectivity index is 2.04. The molecule has 0 amide bonds. The quantitative estimate of drug-likeness (QED) is 0.911. The maximum atomic E-state index is 11.1. The van der Waals surface area contributed by atoms with E-state index in [4.69, 9.17) is 5.14 Å². The summed E-state index contributed by atoms with van der Waals surface area (Å²) in [5, 5.41) is 8.30. The van der Waals surface area contributed by atoms with Crippen molar-refractivity contribution in [2.45, 2.75) is 25.3 Å². The lowest BCUT2D eigenvalue weighted by Crippen LogP contribution is -2.11. The van der Waals surface area contributed by atoms with Crippen molar-refractivity contribution < 1.29 is 8.42 Å². The molecular weight excluding hydrogens is 280 g/mol. The van der Waals surface area contributed by atoms with Crippen molar-refractivity contribution in [2.75, 3.05) is 5.32 Å². The summed E-state index contributed by atoms with van der Waals surface area (Å²) in [4.78, 5) is 2.70. The van der Waals surface area contributed by atoms with Crippen LogP contribution in [0.4, 0.5) is 5.69 Å². The molecule has 0 aliphatic heterocycles. The summed E-state index contributed by atoms with van der Waals surface area (Å²) in [5.41, 5.74) is 2.17. The van der Waals surface area contributed by atoms with Gasteiger partial charge in [-0.3, -0.25) is 0 Å². The molecule has 6 heteroatoms. The van der Waals surface area contributed by atoms with E-state index >= 15 is 0 Å². The Bertz CT molecular complexity index is 654. The summed E-state index contributed by atoms with van der Waals surface area (Å²) in [7, 11) is -3.61. The maximum Gasteiger partial charge on any atom is 0.238 e. The molecule has 1 aromatic carbocycles. The molecule has 0 aliphatic carbocycles. The first kappa shape index (κ1) is 14.0. The van der Waals surface area contributed by atoms with Crippen molar-refractivity contribution >= 4 is 27.0 Å². The lowest BCUT2D eigenvalue weighted by molar-refractivity contribution is 0.598. The van der Waals surface area contributed by atoms with E-state index in [-0.39, 0.29) is 4.90 Å². The predicted molar refractivity (Wildman–Crippen MR) is 78.9 cm³/mol. The minimum absolute atomic E-state index is 0.126. The number of hydrogen-bond acceptors (Lipinski definition) is 4. The van der Waals surface area contributed by atoms with Crippen LogP contribution in [-0.2, 0) is 16.6 Å². The Kier molecular flexibility index (Phi) is 3.93. The maximum absolute atomic E-state index is 11.1. The first-order valence-corrected chi connectivity index (χ1v) is 8.15. The Hall–Kier alpha value is -1.37. The number of nitrogens with one attached hydrogen (secondary N) is 1. The van der Waals surface area contributed by atoms with Gasteiger partial charge in [0, 0.05) is 22.0 Å². The van der Waals surface area contributed by atoms with Crippen molar-refractivity contribution in [1.82, 2.24) is 0 Å². The molecule has 0 fully saturated rings. The van der Waals surface area contributed by atoms with Crippen LogP contribution < -0.4 is 10.5 Å². The standard InChI is InChI=1S/C13H16N2O2S2/c1-9-7-12(18-10(9)2)8-15-11-3-5-13(6-4-11)19(14,16)17/h3-7,15H,8H2,1-2H3,(H2,14,16,17). The zero-order valence-electron chi connectivity index (χ0n) is 10.8. The predicted octanol–water partition coefficient (Wildman–Crippen LogP) is 2.62. The molecule has 0 aliphatic rings. The third-order valence-electron chi connectivity index (χ3n) is 2.87. The Morgan fingerprint density at radius 1 is 1.21 bits per heavy atom. The van der Waals surface area contributed by atoms with E-state index in [9.17, 15) is 8.42 Å². The first-order chi connectivity index (χ1) is 8.86. The van der Waals surface area contributed by atoms with Gasteiger partial charge in [0.05, 0.1) is 4.90 Å². The fourth-order valence-electron chi connectivity index (χ4n) is 1.69. The largest absolute Gasteiger partial charge is 0.380 e. The lowest BCUT2D eigenvalue weighted by Gasteiger charge is -2.05. The zero-order chi connectivity index (χ0) is 14.0.